The molecule has 1 aliphatic rings. The zero-order valence-corrected chi connectivity index (χ0v) is 14.4. The van der Waals surface area contributed by atoms with Crippen LogP contribution in [0.4, 0.5) is 4.79 Å². The monoisotopic (exact) mass is 339 g/mol. The van der Waals surface area contributed by atoms with Crippen molar-refractivity contribution in [3.05, 3.63) is 17.6 Å². The van der Waals surface area contributed by atoms with Crippen LogP contribution in [-0.2, 0) is 9.53 Å². The molecule has 1 aromatic rings. The second kappa shape index (κ2) is 7.49. The van der Waals surface area contributed by atoms with Crippen molar-refractivity contribution in [2.75, 3.05) is 12.4 Å². The van der Waals surface area contributed by atoms with Crippen molar-refractivity contribution in [3.63, 3.8) is 0 Å². The second-order valence-electron chi connectivity index (χ2n) is 5.34. The van der Waals surface area contributed by atoms with Crippen molar-refractivity contribution in [2.24, 2.45) is 0 Å². The van der Waals surface area contributed by atoms with Crippen LogP contribution in [0, 0.1) is 0 Å². The highest BCUT2D eigenvalue weighted by Crippen LogP contribution is 2.24. The van der Waals surface area contributed by atoms with Gasteiger partial charge in [-0.25, -0.2) is 9.59 Å². The minimum Gasteiger partial charge on any atom is -0.463 e. The summed E-state index contributed by atoms with van der Waals surface area (Å²) in [6.07, 6.45) is 1.66. The SMILES string of the molecule is CCOC(=O)C1=C(CSc2nncn2C(C)C)NC(=O)N[C@H]1C. The maximum Gasteiger partial charge on any atom is 0.337 e. The summed E-state index contributed by atoms with van der Waals surface area (Å²) in [6.45, 7) is 7.85. The van der Waals surface area contributed by atoms with E-state index in [-0.39, 0.29) is 18.7 Å². The highest BCUT2D eigenvalue weighted by molar-refractivity contribution is 7.99. The molecular formula is C14H21N5O3S. The lowest BCUT2D eigenvalue weighted by molar-refractivity contribution is -0.138. The first-order chi connectivity index (χ1) is 10.9. The molecule has 0 bridgehead atoms. The van der Waals surface area contributed by atoms with E-state index in [4.69, 9.17) is 4.74 Å². The van der Waals surface area contributed by atoms with Crippen LogP contribution in [0.15, 0.2) is 22.8 Å². The molecule has 9 heteroatoms. The van der Waals surface area contributed by atoms with E-state index >= 15 is 0 Å². The van der Waals surface area contributed by atoms with E-state index in [9.17, 15) is 9.59 Å². The Bertz CT molecular complexity index is 626. The van der Waals surface area contributed by atoms with Crippen molar-refractivity contribution >= 4 is 23.8 Å². The maximum absolute atomic E-state index is 12.1. The van der Waals surface area contributed by atoms with E-state index in [1.807, 2.05) is 18.4 Å². The minimum absolute atomic E-state index is 0.229. The molecule has 2 rings (SSSR count). The van der Waals surface area contributed by atoms with E-state index in [1.165, 1.54) is 11.8 Å². The smallest absolute Gasteiger partial charge is 0.337 e. The average molecular weight is 339 g/mol. The molecule has 0 unspecified atom stereocenters. The molecule has 2 amide bonds. The number of hydrogen-bond donors (Lipinski definition) is 2. The van der Waals surface area contributed by atoms with E-state index < -0.39 is 12.0 Å². The Labute approximate surface area is 139 Å². The van der Waals surface area contributed by atoms with Crippen LogP contribution in [0.1, 0.15) is 33.7 Å². The van der Waals surface area contributed by atoms with Gasteiger partial charge >= 0.3 is 12.0 Å². The number of hydrogen-bond acceptors (Lipinski definition) is 6. The maximum atomic E-state index is 12.1. The number of rotatable bonds is 6. The predicted octanol–water partition coefficient (Wildman–Crippen LogP) is 1.47. The summed E-state index contributed by atoms with van der Waals surface area (Å²) in [6, 6.07) is -0.500. The fourth-order valence-corrected chi connectivity index (χ4v) is 3.23. The lowest BCUT2D eigenvalue weighted by Crippen LogP contribution is -2.49. The number of thioether (sulfide) groups is 1. The van der Waals surface area contributed by atoms with Crippen LogP contribution in [0.25, 0.3) is 0 Å². The molecule has 0 fully saturated rings. The van der Waals surface area contributed by atoms with Gasteiger partial charge in [-0.1, -0.05) is 11.8 Å². The van der Waals surface area contributed by atoms with Crippen molar-refractivity contribution in [1.29, 1.82) is 0 Å². The van der Waals surface area contributed by atoms with Crippen molar-refractivity contribution < 1.29 is 14.3 Å². The molecule has 0 aromatic carbocycles. The van der Waals surface area contributed by atoms with Gasteiger partial charge in [-0.05, 0) is 27.7 Å². The summed E-state index contributed by atoms with van der Waals surface area (Å²) in [5.74, 6) is -0.0226. The molecule has 0 spiro atoms. The first-order valence-corrected chi connectivity index (χ1v) is 8.42. The number of amides is 2. The third kappa shape index (κ3) is 4.04. The topological polar surface area (TPSA) is 98.1 Å². The van der Waals surface area contributed by atoms with Gasteiger partial charge in [0, 0.05) is 17.5 Å². The van der Waals surface area contributed by atoms with Gasteiger partial charge in [-0.3, -0.25) is 0 Å². The molecule has 1 atom stereocenters. The quantitative estimate of drug-likeness (QED) is 0.601. The summed E-state index contributed by atoms with van der Waals surface area (Å²) in [5, 5.41) is 14.1. The average Bonchev–Trinajstić information content (AvgIpc) is 2.93. The van der Waals surface area contributed by atoms with Gasteiger partial charge in [0.15, 0.2) is 5.16 Å². The summed E-state index contributed by atoms with van der Waals surface area (Å²) in [5.41, 5.74) is 0.984. The third-order valence-corrected chi connectivity index (χ3v) is 4.29. The molecule has 8 nitrogen and oxygen atoms in total. The highest BCUT2D eigenvalue weighted by atomic mass is 32.2. The number of carbonyl (C=O) groups excluding carboxylic acids is 2. The first-order valence-electron chi connectivity index (χ1n) is 7.44. The van der Waals surface area contributed by atoms with Crippen molar-refractivity contribution in [3.8, 4) is 0 Å². The molecule has 0 aliphatic carbocycles. The minimum atomic E-state index is -0.423. The van der Waals surface area contributed by atoms with E-state index in [1.54, 1.807) is 20.2 Å². The van der Waals surface area contributed by atoms with Gasteiger partial charge in [0.2, 0.25) is 0 Å². The van der Waals surface area contributed by atoms with Crippen LogP contribution in [-0.4, -0.2) is 45.2 Å². The molecule has 0 saturated carbocycles. The number of nitrogens with one attached hydrogen (secondary N) is 2. The summed E-state index contributed by atoms with van der Waals surface area (Å²) < 4.78 is 7.02. The van der Waals surface area contributed by atoms with Crippen LogP contribution in [0.2, 0.25) is 0 Å². The Morgan fingerprint density at radius 1 is 1.52 bits per heavy atom. The van der Waals surface area contributed by atoms with Crippen molar-refractivity contribution in [1.82, 2.24) is 25.4 Å². The number of urea groups is 1. The van der Waals surface area contributed by atoms with Crippen molar-refractivity contribution in [2.45, 2.75) is 44.9 Å². The summed E-state index contributed by atoms with van der Waals surface area (Å²) in [7, 11) is 0. The standard InChI is InChI=1S/C14H21N5O3S/c1-5-22-12(20)11-9(4)16-13(21)17-10(11)6-23-14-18-15-7-19(14)8(2)3/h7-9H,5-6H2,1-4H3,(H2,16,17,21)/t9-/m0/s1. The van der Waals surface area contributed by atoms with Crippen LogP contribution >= 0.6 is 11.8 Å². The zero-order valence-electron chi connectivity index (χ0n) is 13.6. The second-order valence-corrected chi connectivity index (χ2v) is 6.28. The summed E-state index contributed by atoms with van der Waals surface area (Å²) >= 11 is 1.41. The molecule has 2 N–H and O–H groups in total. The number of carbonyl (C=O) groups is 2. The Morgan fingerprint density at radius 3 is 2.91 bits per heavy atom. The van der Waals surface area contributed by atoms with E-state index in [0.29, 0.717) is 17.0 Å². The third-order valence-electron chi connectivity index (χ3n) is 3.31. The van der Waals surface area contributed by atoms with E-state index in [2.05, 4.69) is 20.8 Å². The Balaban J connectivity index is 2.21. The lowest BCUT2D eigenvalue weighted by Gasteiger charge is -2.26. The van der Waals surface area contributed by atoms with Crippen LogP contribution < -0.4 is 10.6 Å². The van der Waals surface area contributed by atoms with Gasteiger partial charge < -0.3 is 19.9 Å². The molecule has 0 saturated heterocycles. The number of esters is 1. The molecule has 1 aliphatic heterocycles. The number of nitrogens with zero attached hydrogens (tertiary/aromatic N) is 3. The van der Waals surface area contributed by atoms with Gasteiger partial charge in [-0.2, -0.15) is 0 Å². The molecule has 126 valence electrons. The fourth-order valence-electron chi connectivity index (χ4n) is 2.22. The predicted molar refractivity (Wildman–Crippen MR) is 85.9 cm³/mol. The molecule has 2 heterocycles. The first kappa shape index (κ1) is 17.3. The largest absolute Gasteiger partial charge is 0.463 e. The van der Waals surface area contributed by atoms with Crippen LogP contribution in [0.5, 0.6) is 0 Å². The number of ether oxygens (including phenoxy) is 1. The molecule has 23 heavy (non-hydrogen) atoms. The van der Waals surface area contributed by atoms with Crippen LogP contribution in [0.3, 0.4) is 0 Å². The Morgan fingerprint density at radius 2 is 2.26 bits per heavy atom. The number of aromatic nitrogens is 3. The molecule has 0 radical (unpaired) electrons. The van der Waals surface area contributed by atoms with Gasteiger partial charge in [0.1, 0.15) is 6.33 Å². The normalized spacial score (nSPS) is 18.0. The summed E-state index contributed by atoms with van der Waals surface area (Å²) in [4.78, 5) is 23.8. The highest BCUT2D eigenvalue weighted by Gasteiger charge is 2.29. The van der Waals surface area contributed by atoms with Gasteiger partial charge in [0.05, 0.1) is 18.2 Å². The van der Waals surface area contributed by atoms with Gasteiger partial charge in [0.25, 0.3) is 0 Å². The Hall–Kier alpha value is -2.03. The fraction of sp³-hybridized carbons (Fsp3) is 0.571. The zero-order chi connectivity index (χ0) is 17.0. The van der Waals surface area contributed by atoms with E-state index in [0.717, 1.165) is 5.16 Å². The van der Waals surface area contributed by atoms with Gasteiger partial charge in [-0.15, -0.1) is 10.2 Å². The molecular weight excluding hydrogens is 318 g/mol. The molecule has 1 aromatic heterocycles. The Kier molecular flexibility index (Phi) is 5.64. The lowest BCUT2D eigenvalue weighted by atomic mass is 10.1.